The van der Waals surface area contributed by atoms with Crippen molar-refractivity contribution in [2.24, 2.45) is 0 Å². The number of allylic oxidation sites excluding steroid dienone is 2. The third-order valence-corrected chi connectivity index (χ3v) is 25.5. The van der Waals surface area contributed by atoms with E-state index >= 15 is 0 Å². The Labute approximate surface area is 184 Å². The number of hydrogen-bond acceptors (Lipinski definition) is 0. The minimum absolute atomic E-state index is 0. The summed E-state index contributed by atoms with van der Waals surface area (Å²) in [7, 11) is 0. The molecule has 0 saturated heterocycles. The first-order chi connectivity index (χ1) is 12.1. The zero-order chi connectivity index (χ0) is 17.6. The zero-order valence-corrected chi connectivity index (χ0v) is 21.4. The largest absolute Gasteiger partial charge is 1.00 e. The van der Waals surface area contributed by atoms with E-state index in [0.717, 1.165) is 7.25 Å². The maximum absolute atomic E-state index is 2.60. The summed E-state index contributed by atoms with van der Waals surface area (Å²) in [5.41, 5.74) is 9.35. The van der Waals surface area contributed by atoms with Crippen molar-refractivity contribution in [1.29, 1.82) is 0 Å². The van der Waals surface area contributed by atoms with Gasteiger partial charge in [-0.1, -0.05) is 0 Å². The van der Waals surface area contributed by atoms with Crippen LogP contribution < -0.4 is 24.8 Å². The van der Waals surface area contributed by atoms with Gasteiger partial charge in [0.05, 0.1) is 0 Å². The van der Waals surface area contributed by atoms with Crippen molar-refractivity contribution in [3.05, 3.63) is 81.9 Å². The van der Waals surface area contributed by atoms with Gasteiger partial charge in [0.2, 0.25) is 0 Å². The molecule has 2 aromatic carbocycles. The van der Waals surface area contributed by atoms with Crippen LogP contribution >= 0.6 is 0 Å². The number of hydrogen-bond donors (Lipinski definition) is 0. The van der Waals surface area contributed by atoms with E-state index in [2.05, 4.69) is 87.6 Å². The molecule has 4 rings (SSSR count). The van der Waals surface area contributed by atoms with E-state index < -0.39 is 20.4 Å². The average molecular weight is 493 g/mol. The van der Waals surface area contributed by atoms with E-state index in [1.165, 1.54) is 17.5 Å². The molecule has 0 nitrogen and oxygen atoms in total. The summed E-state index contributed by atoms with van der Waals surface area (Å²) in [5.74, 6) is 0. The van der Waals surface area contributed by atoms with E-state index in [4.69, 9.17) is 0 Å². The standard InChI is InChI=1S/C11H11.C10H9.C2H6Si.2ClH.Zr/c1-2-9-7-10-5-3-4-6-11(10)8-9;1-8-6-9-4-2-3-5-10(9)7-8;1-3-2;;;/h3-8H,2H2,1H3;2-7H,1H3;1-2H3;2*1H;/q;;;;;+2/p-2. The normalized spacial score (nSPS) is 18.8. The van der Waals surface area contributed by atoms with E-state index in [-0.39, 0.29) is 30.2 Å². The Hall–Kier alpha value is -0.400. The van der Waals surface area contributed by atoms with Gasteiger partial charge >= 0.3 is 160 Å². The van der Waals surface area contributed by atoms with Crippen molar-refractivity contribution in [3.8, 4) is 0 Å². The third kappa shape index (κ3) is 4.01. The summed E-state index contributed by atoms with van der Waals surface area (Å²) in [6, 6.07) is 18.4. The van der Waals surface area contributed by atoms with Gasteiger partial charge in [0, 0.05) is 0 Å². The Morgan fingerprint density at radius 2 is 1.33 bits per heavy atom. The SMILES string of the molecule is CCC1=Cc2ccccc2[CH]1[Zr+2]([CH]1C(C)=Cc2ccccc21)=[Si](C)C.[Cl-].[Cl-]. The molecule has 0 saturated carbocycles. The van der Waals surface area contributed by atoms with Crippen molar-refractivity contribution in [1.82, 2.24) is 0 Å². The fourth-order valence-electron chi connectivity index (χ4n) is 4.70. The summed E-state index contributed by atoms with van der Waals surface area (Å²) < 4.78 is 1.56. The maximum Gasteiger partial charge on any atom is -1.00 e. The van der Waals surface area contributed by atoms with Gasteiger partial charge in [-0.3, -0.25) is 0 Å². The van der Waals surface area contributed by atoms with Crippen molar-refractivity contribution in [2.45, 2.75) is 40.6 Å². The van der Waals surface area contributed by atoms with Gasteiger partial charge in [-0.25, -0.2) is 0 Å². The molecule has 2 atom stereocenters. The molecule has 0 fully saturated rings. The summed E-state index contributed by atoms with van der Waals surface area (Å²) in [6.07, 6.45) is 6.20. The molecular formula is C23H26Cl2SiZr. The second-order valence-corrected chi connectivity index (χ2v) is 25.4. The molecular weight excluding hydrogens is 466 g/mol. The number of fused-ring (bicyclic) bond motifs is 2. The third-order valence-electron chi connectivity index (χ3n) is 5.77. The molecule has 2 aliphatic rings. The van der Waals surface area contributed by atoms with Gasteiger partial charge in [0.1, 0.15) is 0 Å². The Kier molecular flexibility index (Phi) is 7.97. The van der Waals surface area contributed by atoms with Gasteiger partial charge in [-0.2, -0.15) is 0 Å². The first kappa shape index (κ1) is 22.9. The second kappa shape index (κ2) is 9.40. The Morgan fingerprint density at radius 3 is 1.89 bits per heavy atom. The predicted octanol–water partition coefficient (Wildman–Crippen LogP) is 0.570. The molecule has 0 aromatic heterocycles. The molecule has 0 radical (unpaired) electrons. The van der Waals surface area contributed by atoms with Crippen LogP contribution in [0.3, 0.4) is 0 Å². The minimum Gasteiger partial charge on any atom is -1.00 e. The monoisotopic (exact) mass is 490 g/mol. The molecule has 140 valence electrons. The van der Waals surface area contributed by atoms with Crippen molar-refractivity contribution in [3.63, 3.8) is 0 Å². The van der Waals surface area contributed by atoms with E-state index in [1.807, 2.05) is 0 Å². The van der Waals surface area contributed by atoms with Crippen LogP contribution in [-0.2, 0) is 20.4 Å². The molecule has 0 N–H and O–H groups in total. The van der Waals surface area contributed by atoms with Gasteiger partial charge in [0.15, 0.2) is 0 Å². The second-order valence-electron chi connectivity index (χ2n) is 7.54. The van der Waals surface area contributed by atoms with Gasteiger partial charge in [-0.05, 0) is 0 Å². The predicted molar refractivity (Wildman–Crippen MR) is 108 cm³/mol. The molecule has 0 bridgehead atoms. The van der Waals surface area contributed by atoms with Crippen LogP contribution in [0.4, 0.5) is 0 Å². The van der Waals surface area contributed by atoms with Crippen LogP contribution in [0.15, 0.2) is 59.7 Å². The average Bonchev–Trinajstić information content (AvgIpc) is 3.13. The van der Waals surface area contributed by atoms with E-state index in [1.54, 1.807) is 22.3 Å². The molecule has 0 spiro atoms. The molecule has 4 heteroatoms. The maximum atomic E-state index is 2.60. The Bertz CT molecular complexity index is 939. The van der Waals surface area contributed by atoms with Crippen LogP contribution in [-0.4, -0.2) is 5.43 Å². The molecule has 2 unspecified atom stereocenters. The van der Waals surface area contributed by atoms with E-state index in [9.17, 15) is 0 Å². The molecule has 27 heavy (non-hydrogen) atoms. The summed E-state index contributed by atoms with van der Waals surface area (Å²) in [6.45, 7) is 9.95. The summed E-state index contributed by atoms with van der Waals surface area (Å²) in [5, 5.41) is 0. The zero-order valence-electron chi connectivity index (χ0n) is 16.4. The first-order valence-electron chi connectivity index (χ1n) is 9.35. The first-order valence-corrected chi connectivity index (χ1v) is 18.4. The molecule has 0 heterocycles. The topological polar surface area (TPSA) is 0 Å². The van der Waals surface area contributed by atoms with E-state index in [0.29, 0.717) is 0 Å². The number of benzene rings is 2. The number of halogens is 2. The van der Waals surface area contributed by atoms with Crippen molar-refractivity contribution >= 4 is 17.6 Å². The van der Waals surface area contributed by atoms with Crippen molar-refractivity contribution in [2.75, 3.05) is 0 Å². The fourth-order valence-corrected chi connectivity index (χ4v) is 25.5. The van der Waals surface area contributed by atoms with Crippen LogP contribution in [0.5, 0.6) is 0 Å². The van der Waals surface area contributed by atoms with Gasteiger partial charge in [-0.15, -0.1) is 0 Å². The molecule has 0 aliphatic heterocycles. The van der Waals surface area contributed by atoms with Gasteiger partial charge < -0.3 is 24.8 Å². The van der Waals surface area contributed by atoms with Crippen LogP contribution in [0.2, 0.25) is 13.1 Å². The van der Waals surface area contributed by atoms with Crippen LogP contribution in [0, 0.1) is 0 Å². The quantitative estimate of drug-likeness (QED) is 0.550. The molecule has 0 amide bonds. The smallest absolute Gasteiger partial charge is 1.00 e. The molecule has 2 aromatic rings. The van der Waals surface area contributed by atoms with Crippen LogP contribution in [0.25, 0.3) is 12.2 Å². The van der Waals surface area contributed by atoms with Crippen molar-refractivity contribution < 1.29 is 45.2 Å². The molecule has 2 aliphatic carbocycles. The number of rotatable bonds is 3. The Morgan fingerprint density at radius 1 is 0.815 bits per heavy atom. The summed E-state index contributed by atoms with van der Waals surface area (Å²) >= 11 is -1.79. The minimum atomic E-state index is -1.79. The fraction of sp³-hybridized carbons (Fsp3) is 0.304. The van der Waals surface area contributed by atoms with Gasteiger partial charge in [0.25, 0.3) is 0 Å². The summed E-state index contributed by atoms with van der Waals surface area (Å²) in [4.78, 5) is 0. The Balaban J connectivity index is 0.00000131. The van der Waals surface area contributed by atoms with Crippen LogP contribution in [0.1, 0.15) is 49.8 Å².